The molecule has 3 N–H and O–H groups in total. The van der Waals surface area contributed by atoms with Crippen molar-refractivity contribution < 1.29 is 14.6 Å². The quantitative estimate of drug-likeness (QED) is 0.891. The fourth-order valence-electron chi connectivity index (χ4n) is 1.53. The molecule has 0 heterocycles. The van der Waals surface area contributed by atoms with Crippen LogP contribution in [0.5, 0.6) is 5.75 Å². The van der Waals surface area contributed by atoms with Gasteiger partial charge in [-0.1, -0.05) is 6.07 Å². The molecule has 16 heavy (non-hydrogen) atoms. The van der Waals surface area contributed by atoms with E-state index in [-0.39, 0.29) is 6.42 Å². The summed E-state index contributed by atoms with van der Waals surface area (Å²) < 4.78 is 5.95. The van der Waals surface area contributed by atoms with E-state index in [2.05, 4.69) is 15.9 Å². The molecule has 4 nitrogen and oxygen atoms in total. The minimum atomic E-state index is -0.904. The van der Waals surface area contributed by atoms with E-state index in [1.807, 2.05) is 6.92 Å². The first-order valence-electron chi connectivity index (χ1n) is 4.77. The molecule has 88 valence electrons. The molecule has 1 aromatic carbocycles. The lowest BCUT2D eigenvalue weighted by atomic mass is 9.99. The van der Waals surface area contributed by atoms with Gasteiger partial charge in [0, 0.05) is 6.04 Å². The van der Waals surface area contributed by atoms with Gasteiger partial charge in [-0.05, 0) is 40.0 Å². The summed E-state index contributed by atoms with van der Waals surface area (Å²) in [5.74, 6) is -0.192. The average Bonchev–Trinajstić information content (AvgIpc) is 2.20. The maximum absolute atomic E-state index is 10.6. The molecule has 0 spiro atoms. The Morgan fingerprint density at radius 1 is 1.62 bits per heavy atom. The van der Waals surface area contributed by atoms with Gasteiger partial charge >= 0.3 is 5.97 Å². The predicted molar refractivity (Wildman–Crippen MR) is 64.6 cm³/mol. The standard InChI is InChI=1S/C11H14BrNO3/c1-6-7(8(13)5-10(14)15)3-4-9(16-2)11(6)12/h3-4,8H,5,13H2,1-2H3,(H,14,15). The van der Waals surface area contributed by atoms with Crippen molar-refractivity contribution in [2.75, 3.05) is 7.11 Å². The fraction of sp³-hybridized carbons (Fsp3) is 0.364. The van der Waals surface area contributed by atoms with Crippen LogP contribution in [0.3, 0.4) is 0 Å². The number of methoxy groups -OCH3 is 1. The zero-order valence-electron chi connectivity index (χ0n) is 9.16. The number of carboxylic acids is 1. The van der Waals surface area contributed by atoms with Gasteiger partial charge in [-0.2, -0.15) is 0 Å². The van der Waals surface area contributed by atoms with Crippen molar-refractivity contribution in [3.63, 3.8) is 0 Å². The summed E-state index contributed by atoms with van der Waals surface area (Å²) in [6.07, 6.45) is -0.0837. The van der Waals surface area contributed by atoms with Gasteiger partial charge in [0.05, 0.1) is 18.0 Å². The summed E-state index contributed by atoms with van der Waals surface area (Å²) in [7, 11) is 1.58. The minimum absolute atomic E-state index is 0.0837. The molecular formula is C11H14BrNO3. The Hall–Kier alpha value is -1.07. The van der Waals surface area contributed by atoms with E-state index in [1.54, 1.807) is 19.2 Å². The second-order valence-corrected chi connectivity index (χ2v) is 4.29. The molecule has 1 unspecified atom stereocenters. The van der Waals surface area contributed by atoms with Crippen molar-refractivity contribution in [2.24, 2.45) is 5.73 Å². The summed E-state index contributed by atoms with van der Waals surface area (Å²) in [5, 5.41) is 8.69. The third kappa shape index (κ3) is 2.74. The summed E-state index contributed by atoms with van der Waals surface area (Å²) >= 11 is 3.40. The van der Waals surface area contributed by atoms with Crippen molar-refractivity contribution in [2.45, 2.75) is 19.4 Å². The van der Waals surface area contributed by atoms with Crippen LogP contribution in [0.25, 0.3) is 0 Å². The van der Waals surface area contributed by atoms with Crippen LogP contribution in [-0.4, -0.2) is 18.2 Å². The van der Waals surface area contributed by atoms with Gasteiger partial charge in [0.1, 0.15) is 5.75 Å². The highest BCUT2D eigenvalue weighted by molar-refractivity contribution is 9.10. The third-order valence-electron chi connectivity index (χ3n) is 2.41. The number of nitrogens with two attached hydrogens (primary N) is 1. The highest BCUT2D eigenvalue weighted by Gasteiger charge is 2.16. The first-order valence-corrected chi connectivity index (χ1v) is 5.57. The lowest BCUT2D eigenvalue weighted by molar-refractivity contribution is -0.137. The Balaban J connectivity index is 3.06. The van der Waals surface area contributed by atoms with Gasteiger partial charge < -0.3 is 15.6 Å². The molecule has 0 aliphatic carbocycles. The number of hydrogen-bond donors (Lipinski definition) is 2. The first kappa shape index (κ1) is 13.0. The van der Waals surface area contributed by atoms with Crippen LogP contribution in [0.4, 0.5) is 0 Å². The highest BCUT2D eigenvalue weighted by atomic mass is 79.9. The van der Waals surface area contributed by atoms with Crippen molar-refractivity contribution in [1.82, 2.24) is 0 Å². The first-order chi connectivity index (χ1) is 7.47. The van der Waals surface area contributed by atoms with E-state index >= 15 is 0 Å². The number of halogens is 1. The van der Waals surface area contributed by atoms with Crippen molar-refractivity contribution in [3.8, 4) is 5.75 Å². The van der Waals surface area contributed by atoms with Crippen molar-refractivity contribution in [1.29, 1.82) is 0 Å². The fourth-order valence-corrected chi connectivity index (χ4v) is 2.06. The summed E-state index contributed by atoms with van der Waals surface area (Å²) in [4.78, 5) is 10.6. The maximum Gasteiger partial charge on any atom is 0.305 e. The second kappa shape index (κ2) is 5.32. The molecule has 1 atom stereocenters. The van der Waals surface area contributed by atoms with Crippen LogP contribution in [0.2, 0.25) is 0 Å². The van der Waals surface area contributed by atoms with Gasteiger partial charge in [-0.15, -0.1) is 0 Å². The molecule has 0 aliphatic heterocycles. The molecule has 0 saturated carbocycles. The average molecular weight is 288 g/mol. The number of hydrogen-bond acceptors (Lipinski definition) is 3. The number of ether oxygens (including phenoxy) is 1. The van der Waals surface area contributed by atoms with Gasteiger partial charge in [-0.3, -0.25) is 4.79 Å². The zero-order chi connectivity index (χ0) is 12.3. The van der Waals surface area contributed by atoms with Gasteiger partial charge in [0.15, 0.2) is 0 Å². The van der Waals surface area contributed by atoms with E-state index in [9.17, 15) is 4.79 Å². The second-order valence-electron chi connectivity index (χ2n) is 3.50. The predicted octanol–water partition coefficient (Wildman–Crippen LogP) is 2.24. The topological polar surface area (TPSA) is 72.5 Å². The van der Waals surface area contributed by atoms with Gasteiger partial charge in [0.2, 0.25) is 0 Å². The van der Waals surface area contributed by atoms with Crippen molar-refractivity contribution in [3.05, 3.63) is 27.7 Å². The Morgan fingerprint density at radius 3 is 2.75 bits per heavy atom. The molecular weight excluding hydrogens is 274 g/mol. The van der Waals surface area contributed by atoms with Crippen LogP contribution in [0.15, 0.2) is 16.6 Å². The molecule has 0 aromatic heterocycles. The molecule has 0 amide bonds. The monoisotopic (exact) mass is 287 g/mol. The summed E-state index contributed by atoms with van der Waals surface area (Å²) in [6, 6.07) is 3.07. The summed E-state index contributed by atoms with van der Waals surface area (Å²) in [5.41, 5.74) is 7.54. The lowest BCUT2D eigenvalue weighted by Crippen LogP contribution is -2.16. The largest absolute Gasteiger partial charge is 0.496 e. The van der Waals surface area contributed by atoms with Crippen molar-refractivity contribution >= 4 is 21.9 Å². The number of rotatable bonds is 4. The highest BCUT2D eigenvalue weighted by Crippen LogP contribution is 2.33. The maximum atomic E-state index is 10.6. The van der Waals surface area contributed by atoms with E-state index in [0.29, 0.717) is 5.75 Å². The van der Waals surface area contributed by atoms with E-state index in [0.717, 1.165) is 15.6 Å². The molecule has 0 bridgehead atoms. The van der Waals surface area contributed by atoms with Crippen LogP contribution in [0.1, 0.15) is 23.6 Å². The Labute approximate surface area is 103 Å². The van der Waals surface area contributed by atoms with Crippen LogP contribution >= 0.6 is 15.9 Å². The Kier molecular flexibility index (Phi) is 4.32. The summed E-state index contributed by atoms with van der Waals surface area (Å²) in [6.45, 7) is 1.88. The Bertz CT molecular complexity index is 406. The number of carbonyl (C=O) groups is 1. The van der Waals surface area contributed by atoms with Gasteiger partial charge in [0.25, 0.3) is 0 Å². The Morgan fingerprint density at radius 2 is 2.25 bits per heavy atom. The van der Waals surface area contributed by atoms with E-state index in [1.165, 1.54) is 0 Å². The lowest BCUT2D eigenvalue weighted by Gasteiger charge is -2.15. The molecule has 5 heteroatoms. The number of benzene rings is 1. The molecule has 0 aliphatic rings. The smallest absolute Gasteiger partial charge is 0.305 e. The normalized spacial score (nSPS) is 12.2. The number of carboxylic acid groups (broad SMARTS) is 1. The molecule has 1 aromatic rings. The van der Waals surface area contributed by atoms with Crippen LogP contribution < -0.4 is 10.5 Å². The minimum Gasteiger partial charge on any atom is -0.496 e. The van der Waals surface area contributed by atoms with E-state index in [4.69, 9.17) is 15.6 Å². The third-order valence-corrected chi connectivity index (χ3v) is 3.39. The molecule has 0 saturated heterocycles. The SMILES string of the molecule is COc1ccc(C(N)CC(=O)O)c(C)c1Br. The molecule has 0 fully saturated rings. The molecule has 1 rings (SSSR count). The van der Waals surface area contributed by atoms with E-state index < -0.39 is 12.0 Å². The zero-order valence-corrected chi connectivity index (χ0v) is 10.7. The molecule has 0 radical (unpaired) electrons. The number of aliphatic carboxylic acids is 1. The van der Waals surface area contributed by atoms with Gasteiger partial charge in [-0.25, -0.2) is 0 Å². The van der Waals surface area contributed by atoms with Crippen LogP contribution in [0, 0.1) is 6.92 Å². The van der Waals surface area contributed by atoms with Crippen LogP contribution in [-0.2, 0) is 4.79 Å².